The molecule has 0 spiro atoms. The number of aromatic nitrogens is 1. The molecule has 3 heteroatoms. The Labute approximate surface area is 165 Å². The molecule has 27 heavy (non-hydrogen) atoms. The highest BCUT2D eigenvalue weighted by atomic mass is 15.1. The van der Waals surface area contributed by atoms with Gasteiger partial charge in [0.15, 0.2) is 0 Å². The highest BCUT2D eigenvalue weighted by Gasteiger charge is 2.18. The second-order valence-corrected chi connectivity index (χ2v) is 8.51. The van der Waals surface area contributed by atoms with Crippen LogP contribution >= 0.6 is 0 Å². The number of para-hydroxylation sites is 1. The fourth-order valence-corrected chi connectivity index (χ4v) is 5.09. The molecular weight excluding hydrogens is 330 g/mol. The summed E-state index contributed by atoms with van der Waals surface area (Å²) in [4.78, 5) is 2.66. The number of nitrogens with zero attached hydrogens (tertiary/aromatic N) is 2. The van der Waals surface area contributed by atoms with Crippen LogP contribution in [0.5, 0.6) is 0 Å². The molecule has 3 nitrogen and oxygen atoms in total. The average Bonchev–Trinajstić information content (AvgIpc) is 3.05. The zero-order chi connectivity index (χ0) is 18.3. The van der Waals surface area contributed by atoms with Crippen LogP contribution in [0.3, 0.4) is 0 Å². The molecule has 3 heterocycles. The van der Waals surface area contributed by atoms with Crippen LogP contribution in [-0.4, -0.2) is 42.2 Å². The molecule has 1 saturated heterocycles. The fourth-order valence-electron chi connectivity index (χ4n) is 5.09. The van der Waals surface area contributed by atoms with Crippen LogP contribution in [0.15, 0.2) is 24.3 Å². The molecule has 0 radical (unpaired) electrons. The predicted molar refractivity (Wildman–Crippen MR) is 116 cm³/mol. The van der Waals surface area contributed by atoms with Gasteiger partial charge in [0, 0.05) is 23.1 Å². The Morgan fingerprint density at radius 1 is 0.815 bits per heavy atom. The highest BCUT2D eigenvalue weighted by Crippen LogP contribution is 2.30. The van der Waals surface area contributed by atoms with E-state index in [1.54, 1.807) is 11.3 Å². The number of nitrogens with one attached hydrogen (secondary N) is 1. The topological polar surface area (TPSA) is 20.2 Å². The highest BCUT2D eigenvalue weighted by molar-refractivity contribution is 5.85. The van der Waals surface area contributed by atoms with Crippen molar-refractivity contribution >= 4 is 10.9 Å². The van der Waals surface area contributed by atoms with Crippen LogP contribution in [-0.2, 0) is 19.4 Å². The number of hydrogen-bond donors (Lipinski definition) is 1. The van der Waals surface area contributed by atoms with Crippen molar-refractivity contribution in [3.63, 3.8) is 0 Å². The van der Waals surface area contributed by atoms with Gasteiger partial charge in [0.2, 0.25) is 0 Å². The lowest BCUT2D eigenvalue weighted by Gasteiger charge is -2.26. The first kappa shape index (κ1) is 19.0. The molecule has 2 aliphatic heterocycles. The summed E-state index contributed by atoms with van der Waals surface area (Å²) in [5.41, 5.74) is 4.69. The summed E-state index contributed by atoms with van der Waals surface area (Å²) in [6.45, 7) is 7.51. The molecule has 0 unspecified atom stereocenters. The molecule has 1 N–H and O–H groups in total. The van der Waals surface area contributed by atoms with Crippen LogP contribution in [0.2, 0.25) is 0 Å². The van der Waals surface area contributed by atoms with E-state index < -0.39 is 0 Å². The third kappa shape index (κ3) is 4.75. The minimum atomic E-state index is 1.12. The SMILES string of the molecule is c1ccc2c(c1)c(CCNCCCCCN1CCCCC1)c1n2CCCC1. The molecule has 2 aliphatic rings. The maximum atomic E-state index is 3.71. The first-order chi connectivity index (χ1) is 13.4. The lowest BCUT2D eigenvalue weighted by molar-refractivity contribution is 0.224. The van der Waals surface area contributed by atoms with Crippen molar-refractivity contribution in [3.8, 4) is 0 Å². The van der Waals surface area contributed by atoms with Gasteiger partial charge >= 0.3 is 0 Å². The molecule has 0 aliphatic carbocycles. The number of piperidine rings is 1. The molecule has 148 valence electrons. The number of unbranched alkanes of at least 4 members (excludes halogenated alkanes) is 2. The van der Waals surface area contributed by atoms with Crippen molar-refractivity contribution in [2.75, 3.05) is 32.7 Å². The molecule has 4 rings (SSSR count). The Kier molecular flexibility index (Phi) is 6.87. The molecule has 0 atom stereocenters. The fraction of sp³-hybridized carbons (Fsp3) is 0.667. The van der Waals surface area contributed by atoms with Gasteiger partial charge in [0.1, 0.15) is 0 Å². The minimum Gasteiger partial charge on any atom is -0.344 e. The molecule has 2 aromatic rings. The van der Waals surface area contributed by atoms with Gasteiger partial charge in [-0.1, -0.05) is 31.0 Å². The minimum absolute atomic E-state index is 1.12. The molecule has 1 aromatic heterocycles. The van der Waals surface area contributed by atoms with Gasteiger partial charge < -0.3 is 14.8 Å². The summed E-state index contributed by atoms with van der Waals surface area (Å²) in [7, 11) is 0. The maximum absolute atomic E-state index is 3.71. The Balaban J connectivity index is 1.19. The summed E-state index contributed by atoms with van der Waals surface area (Å²) in [6, 6.07) is 9.03. The largest absolute Gasteiger partial charge is 0.344 e. The van der Waals surface area contributed by atoms with E-state index in [2.05, 4.69) is 39.0 Å². The zero-order valence-electron chi connectivity index (χ0n) is 17.0. The smallest absolute Gasteiger partial charge is 0.0485 e. The monoisotopic (exact) mass is 367 g/mol. The van der Waals surface area contributed by atoms with Gasteiger partial charge in [-0.3, -0.25) is 0 Å². The van der Waals surface area contributed by atoms with Gasteiger partial charge in [-0.2, -0.15) is 0 Å². The van der Waals surface area contributed by atoms with E-state index in [0.717, 1.165) is 6.54 Å². The van der Waals surface area contributed by atoms with Crippen LogP contribution < -0.4 is 5.32 Å². The Bertz CT molecular complexity index is 712. The number of benzene rings is 1. The van der Waals surface area contributed by atoms with E-state index >= 15 is 0 Å². The Morgan fingerprint density at radius 3 is 2.59 bits per heavy atom. The van der Waals surface area contributed by atoms with Crippen molar-refractivity contribution in [3.05, 3.63) is 35.5 Å². The van der Waals surface area contributed by atoms with E-state index in [-0.39, 0.29) is 0 Å². The summed E-state index contributed by atoms with van der Waals surface area (Å²) in [6.07, 6.45) is 13.5. The lowest BCUT2D eigenvalue weighted by atomic mass is 10.0. The predicted octanol–water partition coefficient (Wildman–Crippen LogP) is 4.77. The quantitative estimate of drug-likeness (QED) is 0.645. The lowest BCUT2D eigenvalue weighted by Crippen LogP contribution is -2.30. The maximum Gasteiger partial charge on any atom is 0.0485 e. The van der Waals surface area contributed by atoms with Crippen LogP contribution in [0.1, 0.15) is 62.6 Å². The molecule has 0 bridgehead atoms. The van der Waals surface area contributed by atoms with Crippen molar-refractivity contribution < 1.29 is 0 Å². The van der Waals surface area contributed by atoms with Crippen molar-refractivity contribution in [1.82, 2.24) is 14.8 Å². The summed E-state index contributed by atoms with van der Waals surface area (Å²) in [5.74, 6) is 0. The molecule has 1 fully saturated rings. The summed E-state index contributed by atoms with van der Waals surface area (Å²) >= 11 is 0. The van der Waals surface area contributed by atoms with Crippen molar-refractivity contribution in [1.29, 1.82) is 0 Å². The van der Waals surface area contributed by atoms with E-state index in [9.17, 15) is 0 Å². The number of likely N-dealkylation sites (tertiary alicyclic amines) is 1. The molecule has 0 amide bonds. The van der Waals surface area contributed by atoms with E-state index in [1.165, 1.54) is 108 Å². The number of aryl methyl sites for hydroxylation is 1. The summed E-state index contributed by atoms with van der Waals surface area (Å²) in [5, 5.41) is 5.21. The number of rotatable bonds is 9. The standard InChI is InChI=1S/C24H37N3/c1(7-17-26-18-8-2-9-19-26)6-15-25-16-14-22-21-11-3-4-12-23(21)27-20-10-5-13-24(22)27/h3-4,11-12,25H,1-2,5-10,13-20H2. The molecule has 1 aromatic carbocycles. The number of fused-ring (bicyclic) bond motifs is 3. The van der Waals surface area contributed by atoms with E-state index in [0.29, 0.717) is 0 Å². The second kappa shape index (κ2) is 9.75. The first-order valence-electron chi connectivity index (χ1n) is 11.5. The van der Waals surface area contributed by atoms with Gasteiger partial charge in [0.05, 0.1) is 0 Å². The normalized spacial score (nSPS) is 18.1. The van der Waals surface area contributed by atoms with Gasteiger partial charge in [-0.15, -0.1) is 0 Å². The Morgan fingerprint density at radius 2 is 1.67 bits per heavy atom. The third-order valence-electron chi connectivity index (χ3n) is 6.57. The van der Waals surface area contributed by atoms with Gasteiger partial charge in [0.25, 0.3) is 0 Å². The number of hydrogen-bond acceptors (Lipinski definition) is 2. The van der Waals surface area contributed by atoms with E-state index in [4.69, 9.17) is 0 Å². The van der Waals surface area contributed by atoms with E-state index in [1.807, 2.05) is 0 Å². The van der Waals surface area contributed by atoms with Gasteiger partial charge in [-0.25, -0.2) is 0 Å². The zero-order valence-corrected chi connectivity index (χ0v) is 17.0. The average molecular weight is 368 g/mol. The third-order valence-corrected chi connectivity index (χ3v) is 6.57. The molecule has 0 saturated carbocycles. The molecular formula is C24H37N3. The van der Waals surface area contributed by atoms with Crippen LogP contribution in [0, 0.1) is 0 Å². The van der Waals surface area contributed by atoms with Gasteiger partial charge in [-0.05, 0) is 95.7 Å². The van der Waals surface area contributed by atoms with Crippen molar-refractivity contribution in [2.24, 2.45) is 0 Å². The van der Waals surface area contributed by atoms with Crippen molar-refractivity contribution in [2.45, 2.75) is 70.8 Å². The van der Waals surface area contributed by atoms with Crippen LogP contribution in [0.25, 0.3) is 10.9 Å². The van der Waals surface area contributed by atoms with Crippen LogP contribution in [0.4, 0.5) is 0 Å². The second-order valence-electron chi connectivity index (χ2n) is 8.51. The first-order valence-corrected chi connectivity index (χ1v) is 11.5. The summed E-state index contributed by atoms with van der Waals surface area (Å²) < 4.78 is 2.59. The Hall–Kier alpha value is -1.32.